The lowest BCUT2D eigenvalue weighted by molar-refractivity contribution is -0.141. The van der Waals surface area contributed by atoms with Crippen molar-refractivity contribution in [1.29, 1.82) is 0 Å². The molecule has 2 N–H and O–H groups in total. The van der Waals surface area contributed by atoms with Crippen LogP contribution in [0.4, 0.5) is 4.79 Å². The number of rotatable bonds is 6. The Morgan fingerprint density at radius 1 is 1.08 bits per heavy atom. The molecule has 0 aromatic heterocycles. The molecule has 1 aliphatic carbocycles. The van der Waals surface area contributed by atoms with Crippen LogP contribution in [-0.2, 0) is 14.3 Å². The summed E-state index contributed by atoms with van der Waals surface area (Å²) < 4.78 is 9.92. The van der Waals surface area contributed by atoms with Gasteiger partial charge in [0.05, 0.1) is 26.2 Å². The number of carbonyl (C=O) groups is 2. The van der Waals surface area contributed by atoms with Gasteiger partial charge in [-0.05, 0) is 22.3 Å². The summed E-state index contributed by atoms with van der Waals surface area (Å²) in [6, 6.07) is 15.4. The third-order valence-electron chi connectivity index (χ3n) is 4.53. The van der Waals surface area contributed by atoms with Gasteiger partial charge in [-0.1, -0.05) is 48.5 Å². The van der Waals surface area contributed by atoms with Crippen LogP contribution in [0.1, 0.15) is 23.5 Å². The van der Waals surface area contributed by atoms with Crippen LogP contribution in [0.15, 0.2) is 48.5 Å². The Balaban J connectivity index is 1.66. The highest BCUT2D eigenvalue weighted by atomic mass is 16.5. The van der Waals surface area contributed by atoms with Crippen LogP contribution in [0.5, 0.6) is 0 Å². The zero-order valence-electron chi connectivity index (χ0n) is 14.5. The fourth-order valence-corrected chi connectivity index (χ4v) is 3.25. The molecular weight excluding hydrogens is 334 g/mol. The van der Waals surface area contributed by atoms with Crippen LogP contribution in [0.25, 0.3) is 11.1 Å². The quantitative estimate of drug-likeness (QED) is 0.778. The Kier molecular flexibility index (Phi) is 5.53. The predicted molar refractivity (Wildman–Crippen MR) is 95.7 cm³/mol. The van der Waals surface area contributed by atoms with Gasteiger partial charge in [0.1, 0.15) is 6.61 Å². The molecule has 0 saturated carbocycles. The lowest BCUT2D eigenvalue weighted by atomic mass is 9.98. The first kappa shape index (κ1) is 17.9. The van der Waals surface area contributed by atoms with Crippen LogP contribution in [0.2, 0.25) is 0 Å². The first-order valence-electron chi connectivity index (χ1n) is 8.43. The van der Waals surface area contributed by atoms with Gasteiger partial charge in [0.2, 0.25) is 0 Å². The van der Waals surface area contributed by atoms with Gasteiger partial charge in [0.15, 0.2) is 0 Å². The van der Waals surface area contributed by atoms with Crippen LogP contribution >= 0.6 is 0 Å². The number of carbonyl (C=O) groups excluding carboxylic acids is 2. The van der Waals surface area contributed by atoms with Crippen molar-refractivity contribution in [2.24, 2.45) is 0 Å². The highest BCUT2D eigenvalue weighted by Gasteiger charge is 2.29. The summed E-state index contributed by atoms with van der Waals surface area (Å²) >= 11 is 0. The third-order valence-corrected chi connectivity index (χ3v) is 4.53. The number of ether oxygens (including phenoxy) is 2. The number of alkyl carbamates (subject to hydrolysis) is 1. The SMILES string of the molecule is COC(=O)C[C@@H](CO)NC(=O)OCC1c2ccccc2-c2ccccc21. The number of amides is 1. The van der Waals surface area contributed by atoms with E-state index in [1.807, 2.05) is 36.4 Å². The number of methoxy groups -OCH3 is 1. The van der Waals surface area contributed by atoms with Crippen molar-refractivity contribution < 1.29 is 24.2 Å². The van der Waals surface area contributed by atoms with Crippen LogP contribution in [0.3, 0.4) is 0 Å². The first-order valence-corrected chi connectivity index (χ1v) is 8.43. The monoisotopic (exact) mass is 355 g/mol. The summed E-state index contributed by atoms with van der Waals surface area (Å²) in [7, 11) is 1.25. The van der Waals surface area contributed by atoms with Gasteiger partial charge in [0.25, 0.3) is 0 Å². The van der Waals surface area contributed by atoms with Gasteiger partial charge < -0.3 is 19.9 Å². The summed E-state index contributed by atoms with van der Waals surface area (Å²) in [4.78, 5) is 23.3. The van der Waals surface area contributed by atoms with Gasteiger partial charge in [-0.2, -0.15) is 0 Å². The molecule has 0 heterocycles. The zero-order valence-corrected chi connectivity index (χ0v) is 14.5. The topological polar surface area (TPSA) is 84.9 Å². The first-order chi connectivity index (χ1) is 12.6. The molecule has 136 valence electrons. The maximum Gasteiger partial charge on any atom is 0.407 e. The number of hydrogen-bond acceptors (Lipinski definition) is 5. The van der Waals surface area contributed by atoms with E-state index in [0.29, 0.717) is 0 Å². The Bertz CT molecular complexity index is 759. The molecule has 0 fully saturated rings. The summed E-state index contributed by atoms with van der Waals surface area (Å²) in [6.07, 6.45) is -0.785. The van der Waals surface area contributed by atoms with E-state index in [-0.39, 0.29) is 25.6 Å². The van der Waals surface area contributed by atoms with E-state index in [1.54, 1.807) is 0 Å². The molecule has 2 aromatic rings. The highest BCUT2D eigenvalue weighted by Crippen LogP contribution is 2.44. The number of aliphatic hydroxyl groups is 1. The molecule has 0 saturated heterocycles. The molecule has 0 bridgehead atoms. The minimum atomic E-state index is -0.738. The Morgan fingerprint density at radius 2 is 1.65 bits per heavy atom. The van der Waals surface area contributed by atoms with Crippen molar-refractivity contribution in [1.82, 2.24) is 5.32 Å². The zero-order chi connectivity index (χ0) is 18.5. The molecule has 2 aromatic carbocycles. The predicted octanol–water partition coefficient (Wildman–Crippen LogP) is 2.45. The second-order valence-electron chi connectivity index (χ2n) is 6.13. The highest BCUT2D eigenvalue weighted by molar-refractivity contribution is 5.79. The molecular formula is C20H21NO5. The second-order valence-corrected chi connectivity index (χ2v) is 6.13. The average molecular weight is 355 g/mol. The number of hydrogen-bond donors (Lipinski definition) is 2. The standard InChI is InChI=1S/C20H21NO5/c1-25-19(23)10-13(11-22)21-20(24)26-12-18-16-8-4-2-6-14(16)15-7-3-5-9-17(15)18/h2-9,13,18,22H,10-12H2,1H3,(H,21,24)/t13-/m0/s1. The molecule has 3 rings (SSSR count). The average Bonchev–Trinajstić information content (AvgIpc) is 2.99. The lowest BCUT2D eigenvalue weighted by Crippen LogP contribution is -2.40. The van der Waals surface area contributed by atoms with E-state index in [2.05, 4.69) is 22.2 Å². The van der Waals surface area contributed by atoms with E-state index in [9.17, 15) is 14.7 Å². The lowest BCUT2D eigenvalue weighted by Gasteiger charge is -2.17. The molecule has 0 aliphatic heterocycles. The Labute approximate surface area is 151 Å². The fourth-order valence-electron chi connectivity index (χ4n) is 3.25. The Morgan fingerprint density at radius 3 is 2.19 bits per heavy atom. The van der Waals surface area contributed by atoms with E-state index in [1.165, 1.54) is 7.11 Å². The molecule has 6 nitrogen and oxygen atoms in total. The number of esters is 1. The van der Waals surface area contributed by atoms with Crippen LogP contribution in [-0.4, -0.2) is 43.5 Å². The fraction of sp³-hybridized carbons (Fsp3) is 0.300. The second kappa shape index (κ2) is 8.01. The maximum absolute atomic E-state index is 12.1. The smallest absolute Gasteiger partial charge is 0.407 e. The minimum absolute atomic E-state index is 0.0404. The molecule has 0 radical (unpaired) electrons. The Hall–Kier alpha value is -2.86. The van der Waals surface area contributed by atoms with Crippen LogP contribution < -0.4 is 5.32 Å². The van der Waals surface area contributed by atoms with Crippen molar-refractivity contribution in [3.05, 3.63) is 59.7 Å². The molecule has 1 amide bonds. The number of nitrogens with one attached hydrogen (secondary N) is 1. The van der Waals surface area contributed by atoms with Crippen molar-refractivity contribution in [2.45, 2.75) is 18.4 Å². The maximum atomic E-state index is 12.1. The number of aliphatic hydroxyl groups excluding tert-OH is 1. The largest absolute Gasteiger partial charge is 0.469 e. The minimum Gasteiger partial charge on any atom is -0.469 e. The van der Waals surface area contributed by atoms with Crippen molar-refractivity contribution in [2.75, 3.05) is 20.3 Å². The van der Waals surface area contributed by atoms with Crippen LogP contribution in [0, 0.1) is 0 Å². The summed E-state index contributed by atoms with van der Waals surface area (Å²) in [5.74, 6) is -0.552. The van der Waals surface area contributed by atoms with Crippen molar-refractivity contribution >= 4 is 12.1 Å². The normalized spacial score (nSPS) is 13.5. The number of fused-ring (bicyclic) bond motifs is 3. The molecule has 1 atom stereocenters. The summed E-state index contributed by atoms with van der Waals surface area (Å²) in [5.41, 5.74) is 4.54. The summed E-state index contributed by atoms with van der Waals surface area (Å²) in [6.45, 7) is -0.199. The molecule has 26 heavy (non-hydrogen) atoms. The summed E-state index contributed by atoms with van der Waals surface area (Å²) in [5, 5.41) is 11.8. The van der Waals surface area contributed by atoms with Crippen molar-refractivity contribution in [3.8, 4) is 11.1 Å². The van der Waals surface area contributed by atoms with Gasteiger partial charge in [0, 0.05) is 5.92 Å². The molecule has 1 aliphatic rings. The van der Waals surface area contributed by atoms with Gasteiger partial charge in [-0.15, -0.1) is 0 Å². The van der Waals surface area contributed by atoms with E-state index >= 15 is 0 Å². The van der Waals surface area contributed by atoms with E-state index in [4.69, 9.17) is 4.74 Å². The van der Waals surface area contributed by atoms with E-state index < -0.39 is 18.1 Å². The van der Waals surface area contributed by atoms with Crippen molar-refractivity contribution in [3.63, 3.8) is 0 Å². The number of benzene rings is 2. The van der Waals surface area contributed by atoms with E-state index in [0.717, 1.165) is 22.3 Å². The third kappa shape index (κ3) is 3.70. The molecule has 0 spiro atoms. The molecule has 6 heteroatoms. The molecule has 0 unspecified atom stereocenters. The van der Waals surface area contributed by atoms with Gasteiger partial charge >= 0.3 is 12.1 Å². The van der Waals surface area contributed by atoms with Gasteiger partial charge in [-0.3, -0.25) is 4.79 Å². The van der Waals surface area contributed by atoms with Gasteiger partial charge in [-0.25, -0.2) is 4.79 Å².